The Labute approximate surface area is 105 Å². The molecular formula is C10H11FN4O4. The first-order valence-corrected chi connectivity index (χ1v) is 5.62. The van der Waals surface area contributed by atoms with E-state index in [1.807, 2.05) is 0 Å². The topological polar surface area (TPSA) is 113 Å². The first-order valence-electron chi connectivity index (χ1n) is 5.62. The molecule has 1 aliphatic rings. The number of halogens is 1. The van der Waals surface area contributed by atoms with E-state index in [0.29, 0.717) is 0 Å². The van der Waals surface area contributed by atoms with Gasteiger partial charge in [-0.3, -0.25) is 9.36 Å². The van der Waals surface area contributed by atoms with Gasteiger partial charge in [0, 0.05) is 0 Å². The number of rotatable bonds is 2. The van der Waals surface area contributed by atoms with E-state index in [-0.39, 0.29) is 11.2 Å². The van der Waals surface area contributed by atoms with Crippen LogP contribution in [0, 0.1) is 0 Å². The van der Waals surface area contributed by atoms with Gasteiger partial charge >= 0.3 is 0 Å². The maximum atomic E-state index is 13.6. The lowest BCUT2D eigenvalue weighted by Crippen LogP contribution is -2.29. The summed E-state index contributed by atoms with van der Waals surface area (Å²) in [6, 6.07) is 0. The first-order chi connectivity index (χ1) is 9.13. The Hall–Kier alpha value is -1.84. The molecule has 0 spiro atoms. The number of aromatic nitrogens is 4. The number of H-pyrrole nitrogens is 1. The number of ether oxygens (including phenoxy) is 1. The maximum absolute atomic E-state index is 13.6. The zero-order valence-electron chi connectivity index (χ0n) is 9.60. The number of aliphatic hydroxyl groups excluding tert-OH is 2. The van der Waals surface area contributed by atoms with Crippen LogP contribution in [0.2, 0.25) is 0 Å². The van der Waals surface area contributed by atoms with Gasteiger partial charge in [-0.05, 0) is 0 Å². The summed E-state index contributed by atoms with van der Waals surface area (Å²) in [6.07, 6.45) is -2.94. The van der Waals surface area contributed by atoms with E-state index in [1.165, 1.54) is 17.2 Å². The summed E-state index contributed by atoms with van der Waals surface area (Å²) in [7, 11) is 0. The molecule has 3 rings (SSSR count). The molecule has 1 fully saturated rings. The Kier molecular flexibility index (Phi) is 2.81. The highest BCUT2D eigenvalue weighted by Crippen LogP contribution is 2.32. The number of imidazole rings is 1. The number of nitrogens with one attached hydrogen (secondary N) is 1. The van der Waals surface area contributed by atoms with Crippen LogP contribution in [-0.2, 0) is 4.74 Å². The van der Waals surface area contributed by atoms with Gasteiger partial charge in [0.05, 0.1) is 19.3 Å². The van der Waals surface area contributed by atoms with Crippen molar-refractivity contribution < 1.29 is 19.3 Å². The van der Waals surface area contributed by atoms with Crippen LogP contribution >= 0.6 is 0 Å². The fraction of sp³-hybridized carbons (Fsp3) is 0.500. The van der Waals surface area contributed by atoms with Gasteiger partial charge in [-0.1, -0.05) is 0 Å². The van der Waals surface area contributed by atoms with E-state index in [0.717, 1.165) is 0 Å². The fourth-order valence-corrected chi connectivity index (χ4v) is 2.13. The number of hydrogen-bond acceptors (Lipinski definition) is 6. The van der Waals surface area contributed by atoms with Crippen LogP contribution in [0.1, 0.15) is 6.23 Å². The zero-order valence-corrected chi connectivity index (χ0v) is 9.60. The number of aromatic amines is 1. The third kappa shape index (κ3) is 1.74. The molecule has 3 N–H and O–H groups in total. The fourth-order valence-electron chi connectivity index (χ4n) is 2.13. The van der Waals surface area contributed by atoms with Crippen molar-refractivity contribution >= 4 is 11.2 Å². The quantitative estimate of drug-likeness (QED) is 0.625. The Balaban J connectivity index is 2.06. The second kappa shape index (κ2) is 4.37. The molecule has 19 heavy (non-hydrogen) atoms. The average Bonchev–Trinajstić information content (AvgIpc) is 2.94. The van der Waals surface area contributed by atoms with Gasteiger partial charge in [-0.15, -0.1) is 0 Å². The smallest absolute Gasteiger partial charge is 0.278 e. The van der Waals surface area contributed by atoms with Gasteiger partial charge < -0.3 is 19.9 Å². The van der Waals surface area contributed by atoms with E-state index >= 15 is 0 Å². The van der Waals surface area contributed by atoms with E-state index in [9.17, 15) is 14.3 Å². The van der Waals surface area contributed by atoms with Crippen molar-refractivity contribution in [2.24, 2.45) is 0 Å². The molecule has 3 heterocycles. The highest BCUT2D eigenvalue weighted by molar-refractivity contribution is 5.68. The molecule has 0 radical (unpaired) electrons. The normalized spacial score (nSPS) is 31.1. The molecule has 4 atom stereocenters. The molecule has 0 aliphatic carbocycles. The highest BCUT2D eigenvalue weighted by atomic mass is 19.1. The second-order valence-corrected chi connectivity index (χ2v) is 4.24. The van der Waals surface area contributed by atoms with Crippen molar-refractivity contribution in [3.05, 3.63) is 23.0 Å². The number of alkyl halides is 1. The van der Waals surface area contributed by atoms with Gasteiger partial charge in [0.2, 0.25) is 0 Å². The van der Waals surface area contributed by atoms with Crippen LogP contribution in [0.3, 0.4) is 0 Å². The largest absolute Gasteiger partial charge is 0.394 e. The minimum Gasteiger partial charge on any atom is -0.394 e. The van der Waals surface area contributed by atoms with Crippen molar-refractivity contribution in [3.8, 4) is 0 Å². The molecule has 2 aromatic rings. The molecule has 0 amide bonds. The first kappa shape index (κ1) is 12.2. The van der Waals surface area contributed by atoms with Crippen molar-refractivity contribution in [2.75, 3.05) is 6.61 Å². The van der Waals surface area contributed by atoms with Crippen LogP contribution in [-0.4, -0.2) is 54.7 Å². The third-order valence-corrected chi connectivity index (χ3v) is 3.11. The molecule has 8 nitrogen and oxygen atoms in total. The van der Waals surface area contributed by atoms with Crippen molar-refractivity contribution in [1.29, 1.82) is 0 Å². The Morgan fingerprint density at radius 1 is 1.53 bits per heavy atom. The Morgan fingerprint density at radius 2 is 2.32 bits per heavy atom. The van der Waals surface area contributed by atoms with E-state index < -0.39 is 36.8 Å². The summed E-state index contributed by atoms with van der Waals surface area (Å²) in [4.78, 5) is 21.6. The molecule has 0 unspecified atom stereocenters. The number of fused-ring (bicyclic) bond motifs is 1. The molecule has 2 aromatic heterocycles. The SMILES string of the molecule is O=c1[nH]cnc2c1ncn2[C@@H]1O[C@H](CO)[C@H](F)[C@H]1O. The van der Waals surface area contributed by atoms with E-state index in [4.69, 9.17) is 9.84 Å². The van der Waals surface area contributed by atoms with Crippen molar-refractivity contribution in [1.82, 2.24) is 19.5 Å². The Bertz CT molecular complexity index is 656. The average molecular weight is 270 g/mol. The minimum absolute atomic E-state index is 0.0705. The number of aliphatic hydroxyl groups is 2. The van der Waals surface area contributed by atoms with Crippen LogP contribution in [0.5, 0.6) is 0 Å². The van der Waals surface area contributed by atoms with Crippen LogP contribution in [0.25, 0.3) is 11.2 Å². The van der Waals surface area contributed by atoms with Gasteiger partial charge in [-0.2, -0.15) is 0 Å². The lowest BCUT2D eigenvalue weighted by molar-refractivity contribution is -0.0495. The van der Waals surface area contributed by atoms with Gasteiger partial charge in [-0.25, -0.2) is 14.4 Å². The second-order valence-electron chi connectivity index (χ2n) is 4.24. The van der Waals surface area contributed by atoms with Gasteiger partial charge in [0.1, 0.15) is 12.2 Å². The van der Waals surface area contributed by atoms with Crippen molar-refractivity contribution in [2.45, 2.75) is 24.6 Å². The lowest BCUT2D eigenvalue weighted by Gasteiger charge is -2.15. The Morgan fingerprint density at radius 3 is 3.00 bits per heavy atom. The summed E-state index contributed by atoms with van der Waals surface area (Å²) >= 11 is 0. The molecule has 0 bridgehead atoms. The van der Waals surface area contributed by atoms with Crippen LogP contribution in [0.4, 0.5) is 4.39 Å². The summed E-state index contributed by atoms with van der Waals surface area (Å²) in [5, 5.41) is 18.7. The third-order valence-electron chi connectivity index (χ3n) is 3.11. The van der Waals surface area contributed by atoms with Gasteiger partial charge in [0.15, 0.2) is 23.6 Å². The maximum Gasteiger partial charge on any atom is 0.278 e. The summed E-state index contributed by atoms with van der Waals surface area (Å²) in [5.74, 6) is 0. The summed E-state index contributed by atoms with van der Waals surface area (Å²) in [5.41, 5.74) is -0.188. The lowest BCUT2D eigenvalue weighted by atomic mass is 10.1. The van der Waals surface area contributed by atoms with Gasteiger partial charge in [0.25, 0.3) is 5.56 Å². The molecule has 1 saturated heterocycles. The number of nitrogens with zero attached hydrogens (tertiary/aromatic N) is 3. The molecule has 0 aromatic carbocycles. The van der Waals surface area contributed by atoms with Crippen molar-refractivity contribution in [3.63, 3.8) is 0 Å². The molecule has 102 valence electrons. The molecule has 1 aliphatic heterocycles. The minimum atomic E-state index is -1.71. The molecule has 9 heteroatoms. The van der Waals surface area contributed by atoms with E-state index in [2.05, 4.69) is 15.0 Å². The van der Waals surface area contributed by atoms with Crippen LogP contribution in [0.15, 0.2) is 17.4 Å². The standard InChI is InChI=1S/C10H11FN4O4/c11-5-4(1-16)19-10(7(5)17)15-3-14-6-8(15)12-2-13-9(6)18/h2-5,7,10,16-17H,1H2,(H,12,13,18)/t4-,5+,7-,10-/m1/s1. The summed E-state index contributed by atoms with van der Waals surface area (Å²) in [6.45, 7) is -0.546. The summed E-state index contributed by atoms with van der Waals surface area (Å²) < 4.78 is 20.1. The molecule has 0 saturated carbocycles. The van der Waals surface area contributed by atoms with E-state index in [1.54, 1.807) is 0 Å². The highest BCUT2D eigenvalue weighted by Gasteiger charge is 2.45. The zero-order chi connectivity index (χ0) is 13.6. The predicted molar refractivity (Wildman–Crippen MR) is 60.0 cm³/mol. The molecular weight excluding hydrogens is 259 g/mol. The number of hydrogen-bond donors (Lipinski definition) is 3. The van der Waals surface area contributed by atoms with Crippen LogP contribution < -0.4 is 5.56 Å². The monoisotopic (exact) mass is 270 g/mol. The predicted octanol–water partition coefficient (Wildman–Crippen LogP) is -1.29.